The Kier molecular flexibility index (Phi) is 6.17. The van der Waals surface area contributed by atoms with Crippen molar-refractivity contribution in [3.05, 3.63) is 59.1 Å². The van der Waals surface area contributed by atoms with Crippen molar-refractivity contribution in [2.75, 3.05) is 19.8 Å². The van der Waals surface area contributed by atoms with Gasteiger partial charge in [-0.05, 0) is 36.4 Å². The number of amides is 1. The van der Waals surface area contributed by atoms with Gasteiger partial charge in [-0.15, -0.1) is 0 Å². The van der Waals surface area contributed by atoms with Gasteiger partial charge in [0, 0.05) is 11.1 Å². The summed E-state index contributed by atoms with van der Waals surface area (Å²) in [5, 5.41) is 3.19. The number of halogens is 3. The van der Waals surface area contributed by atoms with Crippen LogP contribution >= 0.6 is 11.6 Å². The lowest BCUT2D eigenvalue weighted by Crippen LogP contribution is -2.32. The van der Waals surface area contributed by atoms with Crippen LogP contribution in [-0.2, 0) is 4.79 Å². The lowest BCUT2D eigenvalue weighted by molar-refractivity contribution is -0.123. The van der Waals surface area contributed by atoms with Crippen LogP contribution in [0.5, 0.6) is 11.5 Å². The Morgan fingerprint density at radius 3 is 2.39 bits per heavy atom. The molecule has 0 unspecified atom stereocenters. The molecule has 4 nitrogen and oxygen atoms in total. The van der Waals surface area contributed by atoms with E-state index >= 15 is 0 Å². The molecule has 1 amide bonds. The number of carbonyl (C=O) groups excluding carboxylic acids is 1. The minimum atomic E-state index is -1.03. The Bertz CT molecular complexity index is 665. The van der Waals surface area contributed by atoms with Gasteiger partial charge in [-0.1, -0.05) is 11.6 Å². The lowest BCUT2D eigenvalue weighted by Gasteiger charge is -2.09. The van der Waals surface area contributed by atoms with E-state index in [1.165, 1.54) is 6.07 Å². The summed E-state index contributed by atoms with van der Waals surface area (Å²) >= 11 is 5.75. The van der Waals surface area contributed by atoms with Gasteiger partial charge in [0.2, 0.25) is 0 Å². The number of benzene rings is 2. The van der Waals surface area contributed by atoms with Crippen LogP contribution in [0.25, 0.3) is 0 Å². The van der Waals surface area contributed by atoms with E-state index in [-0.39, 0.29) is 25.5 Å². The van der Waals surface area contributed by atoms with Gasteiger partial charge in [0.15, 0.2) is 18.2 Å². The maximum atomic E-state index is 13.0. The zero-order chi connectivity index (χ0) is 16.7. The summed E-state index contributed by atoms with van der Waals surface area (Å²) in [6, 6.07) is 9.90. The molecule has 0 heterocycles. The van der Waals surface area contributed by atoms with Gasteiger partial charge < -0.3 is 14.8 Å². The van der Waals surface area contributed by atoms with Gasteiger partial charge in [0.1, 0.15) is 18.1 Å². The van der Waals surface area contributed by atoms with E-state index in [9.17, 15) is 13.6 Å². The van der Waals surface area contributed by atoms with Crippen molar-refractivity contribution >= 4 is 17.5 Å². The largest absolute Gasteiger partial charge is 0.492 e. The zero-order valence-electron chi connectivity index (χ0n) is 12.0. The summed E-state index contributed by atoms with van der Waals surface area (Å²) < 4.78 is 36.1. The van der Waals surface area contributed by atoms with Crippen molar-refractivity contribution < 1.29 is 23.0 Å². The van der Waals surface area contributed by atoms with Crippen LogP contribution in [0.3, 0.4) is 0 Å². The highest BCUT2D eigenvalue weighted by atomic mass is 35.5. The van der Waals surface area contributed by atoms with Gasteiger partial charge in [-0.3, -0.25) is 4.79 Å². The standard InChI is InChI=1S/C16H14ClF2NO3/c17-11-1-3-12(4-2-11)22-8-7-20-16(21)10-23-13-5-6-14(18)15(19)9-13/h1-6,9H,7-8,10H2,(H,20,21). The van der Waals surface area contributed by atoms with Crippen molar-refractivity contribution in [2.24, 2.45) is 0 Å². The molecule has 0 aliphatic rings. The van der Waals surface area contributed by atoms with Gasteiger partial charge in [-0.25, -0.2) is 8.78 Å². The number of carbonyl (C=O) groups is 1. The summed E-state index contributed by atoms with van der Waals surface area (Å²) in [6.07, 6.45) is 0. The maximum absolute atomic E-state index is 13.0. The van der Waals surface area contributed by atoms with Crippen LogP contribution in [0.15, 0.2) is 42.5 Å². The van der Waals surface area contributed by atoms with E-state index < -0.39 is 17.5 Å². The summed E-state index contributed by atoms with van der Waals surface area (Å²) in [7, 11) is 0. The Hall–Kier alpha value is -2.34. The topological polar surface area (TPSA) is 47.6 Å². The van der Waals surface area contributed by atoms with Gasteiger partial charge in [-0.2, -0.15) is 0 Å². The average molecular weight is 342 g/mol. The fourth-order valence-electron chi connectivity index (χ4n) is 1.66. The third kappa shape index (κ3) is 5.75. The van der Waals surface area contributed by atoms with E-state index in [1.54, 1.807) is 24.3 Å². The molecule has 2 rings (SSSR count). The van der Waals surface area contributed by atoms with E-state index in [1.807, 2.05) is 0 Å². The highest BCUT2D eigenvalue weighted by Crippen LogP contribution is 2.16. The molecule has 0 atom stereocenters. The predicted octanol–water partition coefficient (Wildman–Crippen LogP) is 3.19. The molecule has 2 aromatic carbocycles. The number of hydrogen-bond acceptors (Lipinski definition) is 3. The second kappa shape index (κ2) is 8.33. The van der Waals surface area contributed by atoms with Crippen LogP contribution < -0.4 is 14.8 Å². The molecule has 0 aromatic heterocycles. The summed E-state index contributed by atoms with van der Waals surface area (Å²) in [4.78, 5) is 11.5. The van der Waals surface area contributed by atoms with E-state index in [0.29, 0.717) is 10.8 Å². The molecule has 0 aliphatic heterocycles. The van der Waals surface area contributed by atoms with Crippen molar-refractivity contribution in [1.82, 2.24) is 5.32 Å². The van der Waals surface area contributed by atoms with Crippen LogP contribution in [0.4, 0.5) is 8.78 Å². The third-order valence-corrected chi connectivity index (χ3v) is 3.02. The maximum Gasteiger partial charge on any atom is 0.258 e. The summed E-state index contributed by atoms with van der Waals surface area (Å²) in [6.45, 7) is 0.257. The van der Waals surface area contributed by atoms with Crippen molar-refractivity contribution in [3.63, 3.8) is 0 Å². The van der Waals surface area contributed by atoms with Crippen LogP contribution in [-0.4, -0.2) is 25.7 Å². The van der Waals surface area contributed by atoms with E-state index in [4.69, 9.17) is 21.1 Å². The Morgan fingerprint density at radius 2 is 1.70 bits per heavy atom. The van der Waals surface area contributed by atoms with Crippen LogP contribution in [0.2, 0.25) is 5.02 Å². The first-order valence-corrected chi connectivity index (χ1v) is 7.15. The fraction of sp³-hybridized carbons (Fsp3) is 0.188. The normalized spacial score (nSPS) is 10.2. The molecule has 0 radical (unpaired) electrons. The second-order valence-electron chi connectivity index (χ2n) is 4.52. The first-order valence-electron chi connectivity index (χ1n) is 6.77. The zero-order valence-corrected chi connectivity index (χ0v) is 12.8. The molecular formula is C16H14ClF2NO3. The fourth-order valence-corrected chi connectivity index (χ4v) is 1.78. The number of rotatable bonds is 7. The monoisotopic (exact) mass is 341 g/mol. The van der Waals surface area contributed by atoms with Gasteiger partial charge in [0.05, 0.1) is 6.54 Å². The smallest absolute Gasteiger partial charge is 0.258 e. The number of ether oxygens (including phenoxy) is 2. The SMILES string of the molecule is O=C(COc1ccc(F)c(F)c1)NCCOc1ccc(Cl)cc1. The quantitative estimate of drug-likeness (QED) is 0.787. The molecule has 0 bridgehead atoms. The van der Waals surface area contributed by atoms with Crippen LogP contribution in [0, 0.1) is 11.6 Å². The molecule has 1 N–H and O–H groups in total. The van der Waals surface area contributed by atoms with E-state index in [2.05, 4.69) is 5.32 Å². The molecule has 2 aromatic rings. The molecule has 0 aliphatic carbocycles. The Balaban J connectivity index is 1.65. The molecule has 23 heavy (non-hydrogen) atoms. The minimum Gasteiger partial charge on any atom is -0.492 e. The Morgan fingerprint density at radius 1 is 1.00 bits per heavy atom. The number of nitrogens with one attached hydrogen (secondary N) is 1. The molecule has 0 spiro atoms. The predicted molar refractivity (Wildman–Crippen MR) is 81.8 cm³/mol. The van der Waals surface area contributed by atoms with Crippen molar-refractivity contribution in [1.29, 1.82) is 0 Å². The van der Waals surface area contributed by atoms with Gasteiger partial charge >= 0.3 is 0 Å². The first-order chi connectivity index (χ1) is 11.0. The summed E-state index contributed by atoms with van der Waals surface area (Å²) in [5.41, 5.74) is 0. The van der Waals surface area contributed by atoms with E-state index in [0.717, 1.165) is 12.1 Å². The molecule has 0 saturated heterocycles. The molecular weight excluding hydrogens is 328 g/mol. The molecule has 7 heteroatoms. The number of hydrogen-bond donors (Lipinski definition) is 1. The third-order valence-electron chi connectivity index (χ3n) is 2.77. The average Bonchev–Trinajstić information content (AvgIpc) is 2.54. The van der Waals surface area contributed by atoms with Crippen molar-refractivity contribution in [3.8, 4) is 11.5 Å². The molecule has 0 fully saturated rings. The highest BCUT2D eigenvalue weighted by Gasteiger charge is 2.06. The summed E-state index contributed by atoms with van der Waals surface area (Å²) in [5.74, 6) is -1.67. The highest BCUT2D eigenvalue weighted by molar-refractivity contribution is 6.30. The molecule has 0 saturated carbocycles. The van der Waals surface area contributed by atoms with Gasteiger partial charge in [0.25, 0.3) is 5.91 Å². The Labute approximate surface area is 137 Å². The second-order valence-corrected chi connectivity index (χ2v) is 4.95. The first kappa shape index (κ1) is 17.0. The molecule has 122 valence electrons. The van der Waals surface area contributed by atoms with Crippen LogP contribution in [0.1, 0.15) is 0 Å². The lowest BCUT2D eigenvalue weighted by atomic mass is 10.3. The minimum absolute atomic E-state index is 0.0801. The van der Waals surface area contributed by atoms with Crippen molar-refractivity contribution in [2.45, 2.75) is 0 Å².